The van der Waals surface area contributed by atoms with Crippen LogP contribution in [0.4, 0.5) is 0 Å². The molecule has 0 saturated carbocycles. The van der Waals surface area contributed by atoms with Gasteiger partial charge in [-0.15, -0.1) is 0 Å². The fourth-order valence-electron chi connectivity index (χ4n) is 2.42. The van der Waals surface area contributed by atoms with E-state index in [0.717, 1.165) is 11.1 Å². The molecule has 5 nitrogen and oxygen atoms in total. The molecule has 1 fully saturated rings. The van der Waals surface area contributed by atoms with E-state index in [1.165, 1.54) is 11.0 Å². The third-order valence-corrected chi connectivity index (χ3v) is 3.45. The summed E-state index contributed by atoms with van der Waals surface area (Å²) in [5.74, 6) is -0.914. The number of imide groups is 1. The van der Waals surface area contributed by atoms with Gasteiger partial charge in [-0.2, -0.15) is 0 Å². The summed E-state index contributed by atoms with van der Waals surface area (Å²) in [6.07, 6.45) is 2.12. The van der Waals surface area contributed by atoms with Gasteiger partial charge >= 0.3 is 0 Å². The number of amides is 3. The Morgan fingerprint density at radius 1 is 1.42 bits per heavy atom. The third kappa shape index (κ3) is 2.23. The number of hydrogen-bond acceptors (Lipinski definition) is 3. The molecule has 0 aromatic rings. The largest absolute Gasteiger partial charge is 0.322 e. The molecule has 2 rings (SSSR count). The van der Waals surface area contributed by atoms with Gasteiger partial charge in [0.15, 0.2) is 0 Å². The SMILES string of the molecule is C=CC1=C(C(=C)C)CN(C2CCC(=O)NC2=O)C1=O. The molecule has 0 spiro atoms. The molecule has 2 heterocycles. The molecule has 2 aliphatic rings. The molecule has 0 aliphatic carbocycles. The van der Waals surface area contributed by atoms with Crippen molar-refractivity contribution >= 4 is 17.7 Å². The van der Waals surface area contributed by atoms with Crippen molar-refractivity contribution in [3.63, 3.8) is 0 Å². The predicted molar refractivity (Wildman–Crippen MR) is 69.9 cm³/mol. The normalized spacial score (nSPS) is 23.7. The molecule has 0 radical (unpaired) electrons. The number of nitrogens with zero attached hydrogens (tertiary/aromatic N) is 1. The van der Waals surface area contributed by atoms with Gasteiger partial charge in [0.05, 0.1) is 0 Å². The fourth-order valence-corrected chi connectivity index (χ4v) is 2.42. The van der Waals surface area contributed by atoms with Gasteiger partial charge in [0, 0.05) is 18.5 Å². The average molecular weight is 260 g/mol. The molecule has 19 heavy (non-hydrogen) atoms. The molecule has 100 valence electrons. The third-order valence-electron chi connectivity index (χ3n) is 3.45. The van der Waals surface area contributed by atoms with Gasteiger partial charge in [0.2, 0.25) is 11.8 Å². The zero-order valence-corrected chi connectivity index (χ0v) is 10.9. The number of piperidine rings is 1. The second-order valence-corrected chi connectivity index (χ2v) is 4.78. The van der Waals surface area contributed by atoms with Gasteiger partial charge in [0.1, 0.15) is 6.04 Å². The minimum absolute atomic E-state index is 0.220. The van der Waals surface area contributed by atoms with Crippen molar-refractivity contribution in [3.05, 3.63) is 36.0 Å². The van der Waals surface area contributed by atoms with Crippen LogP contribution in [0.2, 0.25) is 0 Å². The Morgan fingerprint density at radius 2 is 2.11 bits per heavy atom. The van der Waals surface area contributed by atoms with Crippen molar-refractivity contribution in [2.45, 2.75) is 25.8 Å². The Kier molecular flexibility index (Phi) is 3.38. The highest BCUT2D eigenvalue weighted by Gasteiger charge is 2.39. The van der Waals surface area contributed by atoms with E-state index in [4.69, 9.17) is 0 Å². The van der Waals surface area contributed by atoms with E-state index in [1.807, 2.05) is 6.92 Å². The van der Waals surface area contributed by atoms with E-state index in [-0.39, 0.29) is 18.2 Å². The van der Waals surface area contributed by atoms with Crippen molar-refractivity contribution in [2.75, 3.05) is 6.54 Å². The van der Waals surface area contributed by atoms with Gasteiger partial charge in [-0.05, 0) is 18.9 Å². The summed E-state index contributed by atoms with van der Waals surface area (Å²) in [5, 5.41) is 2.27. The van der Waals surface area contributed by atoms with E-state index >= 15 is 0 Å². The maximum Gasteiger partial charge on any atom is 0.255 e. The van der Waals surface area contributed by atoms with E-state index in [9.17, 15) is 14.4 Å². The monoisotopic (exact) mass is 260 g/mol. The van der Waals surface area contributed by atoms with Crippen LogP contribution in [-0.4, -0.2) is 35.2 Å². The maximum atomic E-state index is 12.3. The Balaban J connectivity index is 2.24. The number of carbonyl (C=O) groups excluding carboxylic acids is 3. The summed E-state index contributed by atoms with van der Waals surface area (Å²) in [5.41, 5.74) is 2.10. The molecule has 1 saturated heterocycles. The molecular formula is C14H16N2O3. The summed E-state index contributed by atoms with van der Waals surface area (Å²) in [7, 11) is 0. The average Bonchev–Trinajstić information content (AvgIpc) is 2.66. The van der Waals surface area contributed by atoms with Crippen LogP contribution in [0.3, 0.4) is 0 Å². The number of hydrogen-bond donors (Lipinski definition) is 1. The minimum Gasteiger partial charge on any atom is -0.322 e. The molecule has 5 heteroatoms. The zero-order valence-electron chi connectivity index (χ0n) is 10.9. The number of nitrogens with one attached hydrogen (secondary N) is 1. The van der Waals surface area contributed by atoms with Gasteiger partial charge in [-0.3, -0.25) is 19.7 Å². The highest BCUT2D eigenvalue weighted by molar-refractivity contribution is 6.06. The van der Waals surface area contributed by atoms with Crippen molar-refractivity contribution in [1.82, 2.24) is 10.2 Å². The zero-order chi connectivity index (χ0) is 14.2. The first-order valence-corrected chi connectivity index (χ1v) is 6.11. The van der Waals surface area contributed by atoms with Crippen LogP contribution >= 0.6 is 0 Å². The van der Waals surface area contributed by atoms with Crippen molar-refractivity contribution in [2.24, 2.45) is 0 Å². The first kappa shape index (κ1) is 13.3. The van der Waals surface area contributed by atoms with E-state index in [2.05, 4.69) is 18.5 Å². The summed E-state index contributed by atoms with van der Waals surface area (Å²) in [6.45, 7) is 9.65. The van der Waals surface area contributed by atoms with Crippen LogP contribution in [0.5, 0.6) is 0 Å². The maximum absolute atomic E-state index is 12.3. The Hall–Kier alpha value is -2.17. The fraction of sp³-hybridized carbons (Fsp3) is 0.357. The smallest absolute Gasteiger partial charge is 0.255 e. The molecule has 0 bridgehead atoms. The summed E-state index contributed by atoms with van der Waals surface area (Å²) < 4.78 is 0. The van der Waals surface area contributed by atoms with Crippen LogP contribution in [0.25, 0.3) is 0 Å². The minimum atomic E-state index is -0.586. The van der Waals surface area contributed by atoms with Gasteiger partial charge < -0.3 is 4.90 Å². The summed E-state index contributed by atoms with van der Waals surface area (Å²) >= 11 is 0. The van der Waals surface area contributed by atoms with Crippen LogP contribution in [0.1, 0.15) is 19.8 Å². The molecule has 1 N–H and O–H groups in total. The summed E-state index contributed by atoms with van der Waals surface area (Å²) in [6, 6.07) is -0.586. The first-order chi connectivity index (χ1) is 8.95. The van der Waals surface area contributed by atoms with Gasteiger partial charge in [0.25, 0.3) is 5.91 Å². The van der Waals surface area contributed by atoms with Crippen LogP contribution in [-0.2, 0) is 14.4 Å². The van der Waals surface area contributed by atoms with Crippen LogP contribution < -0.4 is 5.32 Å². The molecule has 0 aromatic heterocycles. The van der Waals surface area contributed by atoms with Crippen molar-refractivity contribution in [1.29, 1.82) is 0 Å². The van der Waals surface area contributed by atoms with E-state index in [0.29, 0.717) is 18.5 Å². The first-order valence-electron chi connectivity index (χ1n) is 6.11. The number of carbonyl (C=O) groups is 3. The predicted octanol–water partition coefficient (Wildman–Crippen LogP) is 0.692. The lowest BCUT2D eigenvalue weighted by Gasteiger charge is -2.29. The molecule has 0 aromatic carbocycles. The van der Waals surface area contributed by atoms with Crippen LogP contribution in [0.15, 0.2) is 36.0 Å². The van der Waals surface area contributed by atoms with E-state index < -0.39 is 11.9 Å². The lowest BCUT2D eigenvalue weighted by atomic mass is 10.0. The highest BCUT2D eigenvalue weighted by Crippen LogP contribution is 2.28. The Bertz CT molecular complexity index is 531. The molecular weight excluding hydrogens is 244 g/mol. The van der Waals surface area contributed by atoms with E-state index in [1.54, 1.807) is 0 Å². The lowest BCUT2D eigenvalue weighted by molar-refractivity contribution is -0.142. The molecule has 3 amide bonds. The van der Waals surface area contributed by atoms with Crippen LogP contribution in [0, 0.1) is 0 Å². The number of rotatable bonds is 3. The quantitative estimate of drug-likeness (QED) is 0.759. The standard InChI is InChI=1S/C14H16N2O3/c1-4-9-10(8(2)3)7-16(14(9)19)11-5-6-12(17)15-13(11)18/h4,11H,1-2,5-7H2,3H3,(H,15,17,18). The molecule has 1 unspecified atom stereocenters. The molecule has 2 aliphatic heterocycles. The second kappa shape index (κ2) is 4.84. The topological polar surface area (TPSA) is 66.5 Å². The van der Waals surface area contributed by atoms with Crippen molar-refractivity contribution in [3.8, 4) is 0 Å². The molecule has 1 atom stereocenters. The Morgan fingerprint density at radius 3 is 2.58 bits per heavy atom. The second-order valence-electron chi connectivity index (χ2n) is 4.78. The van der Waals surface area contributed by atoms with Gasteiger partial charge in [-0.1, -0.05) is 24.8 Å². The summed E-state index contributed by atoms with van der Waals surface area (Å²) in [4.78, 5) is 36.7. The lowest BCUT2D eigenvalue weighted by Crippen LogP contribution is -2.53. The Labute approximate surface area is 111 Å². The van der Waals surface area contributed by atoms with Crippen molar-refractivity contribution < 1.29 is 14.4 Å². The highest BCUT2D eigenvalue weighted by atomic mass is 16.2. The van der Waals surface area contributed by atoms with Gasteiger partial charge in [-0.25, -0.2) is 0 Å².